The van der Waals surface area contributed by atoms with Crippen LogP contribution in [0.3, 0.4) is 0 Å². The number of carbonyl (C=O) groups excluding carboxylic acids is 1. The molecule has 0 atom stereocenters. The van der Waals surface area contributed by atoms with E-state index in [2.05, 4.69) is 22.5 Å². The van der Waals surface area contributed by atoms with Crippen molar-refractivity contribution in [2.75, 3.05) is 4.90 Å². The van der Waals surface area contributed by atoms with Crippen LogP contribution in [0.4, 0.5) is 10.8 Å². The zero-order valence-corrected chi connectivity index (χ0v) is 18.4. The van der Waals surface area contributed by atoms with E-state index >= 15 is 0 Å². The van der Waals surface area contributed by atoms with Crippen LogP contribution in [0.25, 0.3) is 11.0 Å². The minimum atomic E-state index is -0.103. The van der Waals surface area contributed by atoms with Crippen LogP contribution in [-0.4, -0.2) is 20.4 Å². The summed E-state index contributed by atoms with van der Waals surface area (Å²) in [5.41, 5.74) is 3.77. The minimum Gasteiger partial charge on any atom is -0.319 e. The fraction of sp³-hybridized carbons (Fsp3) is 0.190. The molecule has 0 fully saturated rings. The second kappa shape index (κ2) is 8.57. The fourth-order valence-corrected chi connectivity index (χ4v) is 5.26. The number of fused-ring (bicyclic) bond motifs is 1. The van der Waals surface area contributed by atoms with E-state index in [1.807, 2.05) is 35.7 Å². The Kier molecular flexibility index (Phi) is 5.89. The average Bonchev–Trinajstić information content (AvgIpc) is 3.30. The number of rotatable bonds is 6. The van der Waals surface area contributed by atoms with Gasteiger partial charge >= 0.3 is 0 Å². The third-order valence-corrected chi connectivity index (χ3v) is 6.52. The maximum absolute atomic E-state index is 12.3. The Labute approximate surface area is 182 Å². The topological polar surface area (TPSA) is 51.0 Å². The number of hydrogen-bond acceptors (Lipinski definition) is 5. The van der Waals surface area contributed by atoms with Crippen molar-refractivity contribution in [1.82, 2.24) is 14.5 Å². The zero-order valence-electron chi connectivity index (χ0n) is 16.0. The molecule has 1 amide bonds. The Bertz CT molecular complexity index is 1170. The summed E-state index contributed by atoms with van der Waals surface area (Å²) < 4.78 is 2.21. The lowest BCUT2D eigenvalue weighted by Crippen LogP contribution is -2.22. The van der Waals surface area contributed by atoms with E-state index in [0.29, 0.717) is 21.6 Å². The number of amides is 1. The standard InChI is InChI=1S/C21H19ClN4OS2/c1-3-25-19-10-5-4-9-18(19)24-20(25)28-12-16-13-29-21(23-16)26(14(2)27)17-8-6-7-15(22)11-17/h4-11,13H,3,12H2,1-2H3. The van der Waals surface area contributed by atoms with Gasteiger partial charge in [0.05, 0.1) is 22.4 Å². The number of aromatic nitrogens is 3. The van der Waals surface area contributed by atoms with Crippen LogP contribution < -0.4 is 4.90 Å². The van der Waals surface area contributed by atoms with E-state index in [9.17, 15) is 4.79 Å². The lowest BCUT2D eigenvalue weighted by Gasteiger charge is -2.18. The third-order valence-electron chi connectivity index (χ3n) is 4.40. The number of para-hydroxylation sites is 2. The highest BCUT2D eigenvalue weighted by molar-refractivity contribution is 7.98. The van der Waals surface area contributed by atoms with Gasteiger partial charge in [0, 0.05) is 29.6 Å². The molecule has 4 aromatic rings. The Balaban J connectivity index is 1.56. The van der Waals surface area contributed by atoms with Crippen LogP contribution in [0, 0.1) is 0 Å². The van der Waals surface area contributed by atoms with Gasteiger partial charge in [-0.25, -0.2) is 9.97 Å². The van der Waals surface area contributed by atoms with Crippen LogP contribution in [0.15, 0.2) is 59.1 Å². The maximum Gasteiger partial charge on any atom is 0.230 e. The monoisotopic (exact) mass is 442 g/mol. The molecule has 0 aliphatic heterocycles. The molecule has 0 radical (unpaired) electrons. The van der Waals surface area contributed by atoms with Crippen LogP contribution in [0.2, 0.25) is 5.02 Å². The van der Waals surface area contributed by atoms with Crippen molar-refractivity contribution in [1.29, 1.82) is 0 Å². The van der Waals surface area contributed by atoms with Gasteiger partial charge in [-0.2, -0.15) is 0 Å². The van der Waals surface area contributed by atoms with Gasteiger partial charge in [-0.05, 0) is 37.3 Å². The van der Waals surface area contributed by atoms with E-state index in [-0.39, 0.29) is 5.91 Å². The molecule has 2 heterocycles. The highest BCUT2D eigenvalue weighted by atomic mass is 35.5. The van der Waals surface area contributed by atoms with E-state index in [0.717, 1.165) is 28.4 Å². The second-order valence-electron chi connectivity index (χ2n) is 6.37. The highest BCUT2D eigenvalue weighted by Crippen LogP contribution is 2.33. The predicted octanol–water partition coefficient (Wildman–Crippen LogP) is 6.14. The minimum absolute atomic E-state index is 0.103. The molecule has 29 heavy (non-hydrogen) atoms. The molecule has 0 N–H and O–H groups in total. The van der Waals surface area contributed by atoms with Crippen LogP contribution in [0.5, 0.6) is 0 Å². The first kappa shape index (κ1) is 19.9. The first-order valence-electron chi connectivity index (χ1n) is 9.15. The first-order chi connectivity index (χ1) is 14.1. The SMILES string of the molecule is CCn1c(SCc2csc(N(C(C)=O)c3cccc(Cl)c3)n2)nc2ccccc21. The Morgan fingerprint density at radius 3 is 2.79 bits per heavy atom. The number of anilines is 2. The average molecular weight is 443 g/mol. The summed E-state index contributed by atoms with van der Waals surface area (Å²) in [6.45, 7) is 4.51. The molecular weight excluding hydrogens is 424 g/mol. The number of benzene rings is 2. The summed E-state index contributed by atoms with van der Waals surface area (Å²) in [6.07, 6.45) is 0. The summed E-state index contributed by atoms with van der Waals surface area (Å²) in [6, 6.07) is 15.4. The number of aryl methyl sites for hydroxylation is 1. The molecular formula is C21H19ClN4OS2. The Morgan fingerprint density at radius 1 is 1.21 bits per heavy atom. The first-order valence-corrected chi connectivity index (χ1v) is 11.4. The molecule has 0 saturated heterocycles. The molecule has 0 bridgehead atoms. The molecule has 5 nitrogen and oxygen atoms in total. The second-order valence-corrected chi connectivity index (χ2v) is 8.59. The lowest BCUT2D eigenvalue weighted by atomic mass is 10.3. The smallest absolute Gasteiger partial charge is 0.230 e. The van der Waals surface area contributed by atoms with Gasteiger partial charge in [0.15, 0.2) is 10.3 Å². The number of nitrogens with zero attached hydrogens (tertiary/aromatic N) is 4. The van der Waals surface area contributed by atoms with Gasteiger partial charge in [0.2, 0.25) is 5.91 Å². The number of thiazole rings is 1. The van der Waals surface area contributed by atoms with Gasteiger partial charge in [0.1, 0.15) is 0 Å². The third kappa shape index (κ3) is 4.17. The maximum atomic E-state index is 12.3. The molecule has 0 spiro atoms. The van der Waals surface area contributed by atoms with Gasteiger partial charge in [0.25, 0.3) is 0 Å². The van der Waals surface area contributed by atoms with Crippen molar-refractivity contribution in [2.24, 2.45) is 0 Å². The lowest BCUT2D eigenvalue weighted by molar-refractivity contribution is -0.115. The van der Waals surface area contributed by atoms with Gasteiger partial charge in [-0.1, -0.05) is 41.6 Å². The molecule has 8 heteroatoms. The summed E-state index contributed by atoms with van der Waals surface area (Å²) >= 11 is 9.20. The molecule has 0 aliphatic rings. The molecule has 148 valence electrons. The zero-order chi connectivity index (χ0) is 20.4. The predicted molar refractivity (Wildman–Crippen MR) is 121 cm³/mol. The van der Waals surface area contributed by atoms with Crippen LogP contribution >= 0.6 is 34.7 Å². The quantitative estimate of drug-likeness (QED) is 0.336. The van der Waals surface area contributed by atoms with E-state index in [1.165, 1.54) is 18.3 Å². The van der Waals surface area contributed by atoms with E-state index < -0.39 is 0 Å². The number of hydrogen-bond donors (Lipinski definition) is 0. The van der Waals surface area contributed by atoms with Gasteiger partial charge < -0.3 is 4.57 Å². The molecule has 2 aromatic heterocycles. The van der Waals surface area contributed by atoms with Crippen molar-refractivity contribution in [2.45, 2.75) is 31.3 Å². The number of imidazole rings is 1. The Morgan fingerprint density at radius 2 is 2.03 bits per heavy atom. The van der Waals surface area contributed by atoms with Gasteiger partial charge in [-0.3, -0.25) is 9.69 Å². The molecule has 4 rings (SSSR count). The molecule has 0 aliphatic carbocycles. The van der Waals surface area contributed by atoms with Crippen molar-refractivity contribution in [3.05, 3.63) is 64.6 Å². The van der Waals surface area contributed by atoms with Crippen molar-refractivity contribution < 1.29 is 4.79 Å². The summed E-state index contributed by atoms with van der Waals surface area (Å²) in [7, 11) is 0. The fourth-order valence-electron chi connectivity index (χ4n) is 3.12. The molecule has 2 aromatic carbocycles. The summed E-state index contributed by atoms with van der Waals surface area (Å²) in [5, 5.41) is 4.18. The van der Waals surface area contributed by atoms with E-state index in [4.69, 9.17) is 16.6 Å². The number of carbonyl (C=O) groups is 1. The van der Waals surface area contributed by atoms with E-state index in [1.54, 1.807) is 28.8 Å². The molecule has 0 unspecified atom stereocenters. The summed E-state index contributed by atoms with van der Waals surface area (Å²) in [5.74, 6) is 0.579. The van der Waals surface area contributed by atoms with Gasteiger partial charge in [-0.15, -0.1) is 11.3 Å². The highest BCUT2D eigenvalue weighted by Gasteiger charge is 2.19. The normalized spacial score (nSPS) is 11.1. The van der Waals surface area contributed by atoms with Crippen LogP contribution in [0.1, 0.15) is 19.5 Å². The Hall–Kier alpha value is -2.35. The van der Waals surface area contributed by atoms with Crippen LogP contribution in [-0.2, 0) is 17.1 Å². The van der Waals surface area contributed by atoms with Crippen molar-refractivity contribution in [3.63, 3.8) is 0 Å². The largest absolute Gasteiger partial charge is 0.319 e. The van der Waals surface area contributed by atoms with Crippen molar-refractivity contribution in [3.8, 4) is 0 Å². The number of halogens is 1. The summed E-state index contributed by atoms with van der Waals surface area (Å²) in [4.78, 5) is 23.3. The number of thioether (sulfide) groups is 1. The molecule has 0 saturated carbocycles. The van der Waals surface area contributed by atoms with Crippen molar-refractivity contribution >= 4 is 62.5 Å².